The molecule has 0 saturated carbocycles. The molecule has 3 heteroatoms. The van der Waals surface area contributed by atoms with Crippen molar-refractivity contribution in [2.75, 3.05) is 0 Å². The van der Waals surface area contributed by atoms with Crippen molar-refractivity contribution in [3.63, 3.8) is 0 Å². The van der Waals surface area contributed by atoms with E-state index in [-0.39, 0.29) is 0 Å². The van der Waals surface area contributed by atoms with Crippen LogP contribution in [0.15, 0.2) is 48.7 Å². The monoisotopic (exact) mass is 279 g/mol. The van der Waals surface area contributed by atoms with Gasteiger partial charge in [0.25, 0.3) is 0 Å². The molecule has 0 bridgehead atoms. The van der Waals surface area contributed by atoms with E-state index in [0.29, 0.717) is 5.56 Å². The Morgan fingerprint density at radius 2 is 1.90 bits per heavy atom. The third kappa shape index (κ3) is 2.31. The van der Waals surface area contributed by atoms with Crippen molar-refractivity contribution in [3.8, 4) is 11.1 Å². The van der Waals surface area contributed by atoms with Gasteiger partial charge in [0.2, 0.25) is 0 Å². The number of nitrogens with zero attached hydrogens (tertiary/aromatic N) is 1. The first-order chi connectivity index (χ1) is 10.1. The van der Waals surface area contributed by atoms with Gasteiger partial charge in [-0.05, 0) is 37.1 Å². The van der Waals surface area contributed by atoms with Gasteiger partial charge in [0.15, 0.2) is 0 Å². The number of aryl methyl sites for hydroxylation is 2. The first kappa shape index (κ1) is 13.4. The van der Waals surface area contributed by atoms with Gasteiger partial charge in [0, 0.05) is 23.6 Å². The molecule has 0 unspecified atom stereocenters. The van der Waals surface area contributed by atoms with Gasteiger partial charge in [-0.2, -0.15) is 0 Å². The van der Waals surface area contributed by atoms with Crippen LogP contribution in [0.5, 0.6) is 0 Å². The number of carbonyl (C=O) groups is 1. The Kier molecular flexibility index (Phi) is 3.26. The van der Waals surface area contributed by atoms with E-state index in [1.165, 1.54) is 5.56 Å². The summed E-state index contributed by atoms with van der Waals surface area (Å²) in [6.07, 6.45) is 1.72. The van der Waals surface area contributed by atoms with Crippen LogP contribution in [0.1, 0.15) is 22.8 Å². The molecule has 1 N–H and O–H groups in total. The molecule has 2 aromatic carbocycles. The molecular weight excluding hydrogens is 262 g/mol. The lowest BCUT2D eigenvalue weighted by molar-refractivity contribution is 0.0699. The first-order valence-electron chi connectivity index (χ1n) is 7.03. The van der Waals surface area contributed by atoms with Crippen LogP contribution in [0.3, 0.4) is 0 Å². The van der Waals surface area contributed by atoms with Crippen molar-refractivity contribution in [3.05, 3.63) is 59.8 Å². The lowest BCUT2D eigenvalue weighted by Gasteiger charge is -2.05. The van der Waals surface area contributed by atoms with Gasteiger partial charge in [-0.1, -0.05) is 35.9 Å². The number of hydrogen-bond acceptors (Lipinski definition) is 1. The van der Waals surface area contributed by atoms with Gasteiger partial charge in [0.05, 0.1) is 5.56 Å². The van der Waals surface area contributed by atoms with Gasteiger partial charge in [-0.15, -0.1) is 0 Å². The van der Waals surface area contributed by atoms with E-state index in [1.54, 1.807) is 6.20 Å². The number of aromatic carboxylic acids is 1. The standard InChI is InChI=1S/C18H17NO2/c1-3-19-11-16(18(20)21)15-10-14(7-8-17(15)19)13-6-4-5-12(2)9-13/h4-11H,3H2,1-2H3,(H,20,21). The average Bonchev–Trinajstić information content (AvgIpc) is 2.85. The van der Waals surface area contributed by atoms with Gasteiger partial charge in [-0.25, -0.2) is 4.79 Å². The molecule has 0 atom stereocenters. The van der Waals surface area contributed by atoms with Crippen molar-refractivity contribution in [2.45, 2.75) is 20.4 Å². The fourth-order valence-corrected chi connectivity index (χ4v) is 2.73. The Morgan fingerprint density at radius 3 is 2.57 bits per heavy atom. The van der Waals surface area contributed by atoms with Gasteiger partial charge in [0.1, 0.15) is 0 Å². The quantitative estimate of drug-likeness (QED) is 0.775. The normalized spacial score (nSPS) is 11.0. The number of rotatable bonds is 3. The second-order valence-corrected chi connectivity index (χ2v) is 5.24. The number of fused-ring (bicyclic) bond motifs is 1. The summed E-state index contributed by atoms with van der Waals surface area (Å²) in [5.41, 5.74) is 4.67. The summed E-state index contributed by atoms with van der Waals surface area (Å²) in [4.78, 5) is 11.4. The van der Waals surface area contributed by atoms with Crippen LogP contribution >= 0.6 is 0 Å². The van der Waals surface area contributed by atoms with Crippen molar-refractivity contribution in [1.29, 1.82) is 0 Å². The molecule has 106 valence electrons. The number of carboxylic acids is 1. The van der Waals surface area contributed by atoms with Crippen LogP contribution in [-0.2, 0) is 6.54 Å². The Morgan fingerprint density at radius 1 is 1.14 bits per heavy atom. The Labute approximate surface area is 123 Å². The summed E-state index contributed by atoms with van der Waals surface area (Å²) in [6.45, 7) is 4.82. The molecule has 21 heavy (non-hydrogen) atoms. The molecule has 1 aromatic heterocycles. The highest BCUT2D eigenvalue weighted by Gasteiger charge is 2.14. The van der Waals surface area contributed by atoms with Gasteiger partial charge in [-0.3, -0.25) is 0 Å². The van der Waals surface area contributed by atoms with E-state index in [4.69, 9.17) is 0 Å². The maximum absolute atomic E-state index is 11.4. The topological polar surface area (TPSA) is 42.2 Å². The molecule has 0 spiro atoms. The molecule has 0 aliphatic carbocycles. The largest absolute Gasteiger partial charge is 0.478 e. The minimum absolute atomic E-state index is 0.362. The maximum atomic E-state index is 11.4. The van der Waals surface area contributed by atoms with Gasteiger partial charge >= 0.3 is 5.97 Å². The van der Waals surface area contributed by atoms with Crippen molar-refractivity contribution >= 4 is 16.9 Å². The van der Waals surface area contributed by atoms with Crippen LogP contribution in [-0.4, -0.2) is 15.6 Å². The zero-order valence-electron chi connectivity index (χ0n) is 12.1. The fourth-order valence-electron chi connectivity index (χ4n) is 2.73. The van der Waals surface area contributed by atoms with Crippen LogP contribution in [0.25, 0.3) is 22.0 Å². The summed E-state index contributed by atoms with van der Waals surface area (Å²) in [6, 6.07) is 14.3. The molecule has 0 saturated heterocycles. The zero-order valence-corrected chi connectivity index (χ0v) is 12.1. The third-order valence-electron chi connectivity index (χ3n) is 3.80. The summed E-state index contributed by atoms with van der Waals surface area (Å²) in [7, 11) is 0. The van der Waals surface area contributed by atoms with Crippen LogP contribution < -0.4 is 0 Å². The molecule has 1 heterocycles. The molecule has 3 aromatic rings. The summed E-state index contributed by atoms with van der Waals surface area (Å²) in [5.74, 6) is -0.881. The number of benzene rings is 2. The highest BCUT2D eigenvalue weighted by atomic mass is 16.4. The van der Waals surface area contributed by atoms with E-state index in [2.05, 4.69) is 25.1 Å². The molecule has 0 fully saturated rings. The molecule has 3 rings (SSSR count). The highest BCUT2D eigenvalue weighted by Crippen LogP contribution is 2.28. The predicted molar refractivity (Wildman–Crippen MR) is 84.7 cm³/mol. The minimum Gasteiger partial charge on any atom is -0.478 e. The fraction of sp³-hybridized carbons (Fsp3) is 0.167. The van der Waals surface area contributed by atoms with Crippen LogP contribution in [0.2, 0.25) is 0 Å². The second kappa shape index (κ2) is 5.09. The highest BCUT2D eigenvalue weighted by molar-refractivity contribution is 6.04. The summed E-state index contributed by atoms with van der Waals surface area (Å²) in [5, 5.41) is 10.2. The van der Waals surface area contributed by atoms with E-state index >= 15 is 0 Å². The Hall–Kier alpha value is -2.55. The smallest absolute Gasteiger partial charge is 0.337 e. The number of aromatic nitrogens is 1. The average molecular weight is 279 g/mol. The molecule has 0 aliphatic heterocycles. The molecular formula is C18H17NO2. The summed E-state index contributed by atoms with van der Waals surface area (Å²) >= 11 is 0. The van der Waals surface area contributed by atoms with Crippen LogP contribution in [0.4, 0.5) is 0 Å². The van der Waals surface area contributed by atoms with Gasteiger partial charge < -0.3 is 9.67 Å². The zero-order chi connectivity index (χ0) is 15.0. The maximum Gasteiger partial charge on any atom is 0.337 e. The van der Waals surface area contributed by atoms with E-state index in [9.17, 15) is 9.90 Å². The van der Waals surface area contributed by atoms with E-state index in [1.807, 2.05) is 35.8 Å². The Balaban J connectivity index is 2.24. The lowest BCUT2D eigenvalue weighted by atomic mass is 10.0. The van der Waals surface area contributed by atoms with Crippen LogP contribution in [0, 0.1) is 6.92 Å². The number of hydrogen-bond donors (Lipinski definition) is 1. The SMILES string of the molecule is CCn1cc(C(=O)O)c2cc(-c3cccc(C)c3)ccc21. The second-order valence-electron chi connectivity index (χ2n) is 5.24. The van der Waals surface area contributed by atoms with Crippen molar-refractivity contribution in [2.24, 2.45) is 0 Å². The predicted octanol–water partition coefficient (Wildman–Crippen LogP) is 4.33. The molecule has 3 nitrogen and oxygen atoms in total. The van der Waals surface area contributed by atoms with Crippen molar-refractivity contribution in [1.82, 2.24) is 4.57 Å². The van der Waals surface area contributed by atoms with Crippen molar-refractivity contribution < 1.29 is 9.90 Å². The molecule has 0 aliphatic rings. The van der Waals surface area contributed by atoms with E-state index < -0.39 is 5.97 Å². The summed E-state index contributed by atoms with van der Waals surface area (Å²) < 4.78 is 1.97. The van der Waals surface area contributed by atoms with E-state index in [0.717, 1.165) is 28.6 Å². The molecule has 0 radical (unpaired) electrons. The third-order valence-corrected chi connectivity index (χ3v) is 3.80. The molecule has 0 amide bonds. The Bertz CT molecular complexity index is 830. The lowest BCUT2D eigenvalue weighted by Crippen LogP contribution is -1.94. The first-order valence-corrected chi connectivity index (χ1v) is 7.03. The minimum atomic E-state index is -0.881. The number of carboxylic acid groups (broad SMARTS) is 1.